The number of para-hydroxylation sites is 1. The summed E-state index contributed by atoms with van der Waals surface area (Å²) in [6, 6.07) is 10.9. The molecule has 3 aromatic rings. The Hall–Kier alpha value is -4.01. The maximum atomic E-state index is 13.5. The van der Waals surface area contributed by atoms with E-state index in [0.717, 1.165) is 17.7 Å². The molecular formula is C23H19F2N3O4. The number of nitrogens with zero attached hydrogens (tertiary/aromatic N) is 2. The summed E-state index contributed by atoms with van der Waals surface area (Å²) in [6.07, 6.45) is 2.50. The van der Waals surface area contributed by atoms with Crippen molar-refractivity contribution in [2.45, 2.75) is 19.0 Å². The van der Waals surface area contributed by atoms with E-state index in [9.17, 15) is 23.5 Å². The van der Waals surface area contributed by atoms with Gasteiger partial charge in [-0.1, -0.05) is 12.1 Å². The van der Waals surface area contributed by atoms with Crippen molar-refractivity contribution >= 4 is 17.7 Å². The number of halogens is 2. The normalized spacial score (nSPS) is 14.8. The van der Waals surface area contributed by atoms with E-state index in [2.05, 4.69) is 10.3 Å². The number of carboxylic acid groups (broad SMARTS) is 1. The topological polar surface area (TPSA) is 91.8 Å². The third-order valence-electron chi connectivity index (χ3n) is 5.19. The van der Waals surface area contributed by atoms with E-state index >= 15 is 0 Å². The van der Waals surface area contributed by atoms with E-state index in [4.69, 9.17) is 4.74 Å². The number of aromatic nitrogens is 1. The van der Waals surface area contributed by atoms with Gasteiger partial charge in [-0.2, -0.15) is 0 Å². The van der Waals surface area contributed by atoms with Gasteiger partial charge < -0.3 is 15.2 Å². The number of ether oxygens (including phenoxy) is 1. The van der Waals surface area contributed by atoms with E-state index < -0.39 is 29.7 Å². The first-order chi connectivity index (χ1) is 15.4. The van der Waals surface area contributed by atoms with Crippen molar-refractivity contribution < 1.29 is 28.2 Å². The Bertz CT molecular complexity index is 1160. The Morgan fingerprint density at radius 3 is 2.62 bits per heavy atom. The Balaban J connectivity index is 1.63. The fourth-order valence-corrected chi connectivity index (χ4v) is 3.68. The Kier molecular flexibility index (Phi) is 5.98. The molecule has 4 rings (SSSR count). The first-order valence-electron chi connectivity index (χ1n) is 9.84. The minimum atomic E-state index is -1.10. The number of amides is 2. The molecule has 7 nitrogen and oxygen atoms in total. The zero-order valence-electron chi connectivity index (χ0n) is 16.8. The number of hydrogen-bond donors (Lipinski definition) is 2. The van der Waals surface area contributed by atoms with Crippen LogP contribution in [-0.2, 0) is 6.54 Å². The highest BCUT2D eigenvalue weighted by Crippen LogP contribution is 2.39. The third kappa shape index (κ3) is 4.36. The summed E-state index contributed by atoms with van der Waals surface area (Å²) < 4.78 is 32.4. The average molecular weight is 439 g/mol. The Labute approximate surface area is 182 Å². The molecule has 2 aromatic carbocycles. The molecule has 2 N–H and O–H groups in total. The molecule has 9 heteroatoms. The predicted octanol–water partition coefficient (Wildman–Crippen LogP) is 4.62. The summed E-state index contributed by atoms with van der Waals surface area (Å²) in [6.45, 7) is 0.362. The molecule has 1 aliphatic rings. The molecular weight excluding hydrogens is 420 g/mol. The second-order valence-electron chi connectivity index (χ2n) is 7.23. The minimum Gasteiger partial charge on any atom is -0.492 e. The lowest BCUT2D eigenvalue weighted by molar-refractivity contribution is 0.0986. The summed E-state index contributed by atoms with van der Waals surface area (Å²) in [4.78, 5) is 30.1. The van der Waals surface area contributed by atoms with E-state index in [1.807, 2.05) is 0 Å². The summed E-state index contributed by atoms with van der Waals surface area (Å²) >= 11 is 0. The fourth-order valence-electron chi connectivity index (χ4n) is 3.68. The fraction of sp³-hybridized carbons (Fsp3) is 0.174. The zero-order valence-corrected chi connectivity index (χ0v) is 16.8. The number of benzene rings is 2. The van der Waals surface area contributed by atoms with Gasteiger partial charge in [-0.15, -0.1) is 0 Å². The van der Waals surface area contributed by atoms with Crippen LogP contribution in [0.5, 0.6) is 5.75 Å². The summed E-state index contributed by atoms with van der Waals surface area (Å²) in [5.74, 6) is -2.41. The second kappa shape index (κ2) is 9.01. The molecule has 0 radical (unpaired) electrons. The van der Waals surface area contributed by atoms with Gasteiger partial charge >= 0.3 is 6.09 Å². The van der Waals surface area contributed by atoms with Gasteiger partial charge in [-0.3, -0.25) is 14.7 Å². The molecule has 0 saturated heterocycles. The molecule has 2 amide bonds. The van der Waals surface area contributed by atoms with Gasteiger partial charge in [0, 0.05) is 42.7 Å². The number of nitrogens with one attached hydrogen (secondary N) is 1. The monoisotopic (exact) mass is 439 g/mol. The number of fused-ring (bicyclic) bond motifs is 1. The van der Waals surface area contributed by atoms with Crippen LogP contribution in [0.1, 0.15) is 33.9 Å². The van der Waals surface area contributed by atoms with Crippen molar-refractivity contribution in [1.82, 2.24) is 9.88 Å². The maximum Gasteiger partial charge on any atom is 0.408 e. The van der Waals surface area contributed by atoms with Crippen molar-refractivity contribution in [3.05, 3.63) is 89.2 Å². The van der Waals surface area contributed by atoms with Gasteiger partial charge in [0.1, 0.15) is 5.75 Å². The summed E-state index contributed by atoms with van der Waals surface area (Å²) in [5.41, 5.74) is 1.60. The molecule has 32 heavy (non-hydrogen) atoms. The standard InChI is InChI=1S/C23H19F2N3O4/c24-18-5-4-15(12-19(18)25)27-22(29)17-3-1-2-16-20(8-11-32-21(16)17)28(23(30)31)13-14-6-9-26-10-7-14/h1-7,9-10,12,20H,8,11,13H2,(H,27,29)(H,30,31). The van der Waals surface area contributed by atoms with Crippen LogP contribution < -0.4 is 10.1 Å². The third-order valence-corrected chi connectivity index (χ3v) is 5.19. The molecule has 1 aromatic heterocycles. The molecule has 1 unspecified atom stereocenters. The van der Waals surface area contributed by atoms with Gasteiger partial charge in [-0.25, -0.2) is 13.6 Å². The quantitative estimate of drug-likeness (QED) is 0.606. The first kappa shape index (κ1) is 21.2. The lowest BCUT2D eigenvalue weighted by Gasteiger charge is -2.34. The highest BCUT2D eigenvalue weighted by Gasteiger charge is 2.32. The van der Waals surface area contributed by atoms with E-state index in [-0.39, 0.29) is 30.2 Å². The lowest BCUT2D eigenvalue weighted by atomic mass is 9.95. The smallest absolute Gasteiger partial charge is 0.408 e. The highest BCUT2D eigenvalue weighted by molar-refractivity contribution is 6.06. The van der Waals surface area contributed by atoms with Gasteiger partial charge in [0.25, 0.3) is 5.91 Å². The van der Waals surface area contributed by atoms with Gasteiger partial charge in [0.2, 0.25) is 0 Å². The van der Waals surface area contributed by atoms with Gasteiger partial charge in [-0.05, 0) is 35.9 Å². The number of anilines is 1. The Morgan fingerprint density at radius 1 is 1.12 bits per heavy atom. The molecule has 0 saturated carbocycles. The van der Waals surface area contributed by atoms with Crippen LogP contribution in [0.2, 0.25) is 0 Å². The molecule has 164 valence electrons. The zero-order chi connectivity index (χ0) is 22.7. The maximum absolute atomic E-state index is 13.5. The van der Waals surface area contributed by atoms with Crippen LogP contribution in [0.3, 0.4) is 0 Å². The van der Waals surface area contributed by atoms with Crippen LogP contribution in [0, 0.1) is 11.6 Å². The number of hydrogen-bond acceptors (Lipinski definition) is 4. The average Bonchev–Trinajstić information content (AvgIpc) is 2.79. The molecule has 0 bridgehead atoms. The second-order valence-corrected chi connectivity index (χ2v) is 7.23. The molecule has 0 fully saturated rings. The molecule has 0 spiro atoms. The molecule has 1 aliphatic heterocycles. The van der Waals surface area contributed by atoms with Crippen molar-refractivity contribution in [2.75, 3.05) is 11.9 Å². The molecule has 1 atom stereocenters. The number of rotatable bonds is 5. The van der Waals surface area contributed by atoms with Crippen molar-refractivity contribution in [2.24, 2.45) is 0 Å². The Morgan fingerprint density at radius 2 is 1.91 bits per heavy atom. The molecule has 2 heterocycles. The van der Waals surface area contributed by atoms with Crippen LogP contribution in [-0.4, -0.2) is 33.6 Å². The predicted molar refractivity (Wildman–Crippen MR) is 111 cm³/mol. The number of carbonyl (C=O) groups is 2. The lowest BCUT2D eigenvalue weighted by Crippen LogP contribution is -2.36. The van der Waals surface area contributed by atoms with Crippen molar-refractivity contribution in [1.29, 1.82) is 0 Å². The summed E-state index contributed by atoms with van der Waals surface area (Å²) in [7, 11) is 0. The largest absolute Gasteiger partial charge is 0.492 e. The van der Waals surface area contributed by atoms with Crippen molar-refractivity contribution in [3.63, 3.8) is 0 Å². The van der Waals surface area contributed by atoms with Gasteiger partial charge in [0.05, 0.1) is 18.2 Å². The number of carbonyl (C=O) groups excluding carboxylic acids is 1. The van der Waals surface area contributed by atoms with Gasteiger partial charge in [0.15, 0.2) is 11.6 Å². The summed E-state index contributed by atoms with van der Waals surface area (Å²) in [5, 5.41) is 12.4. The van der Waals surface area contributed by atoms with Crippen molar-refractivity contribution in [3.8, 4) is 5.75 Å². The van der Waals surface area contributed by atoms with Crippen LogP contribution >= 0.6 is 0 Å². The van der Waals surface area contributed by atoms with E-state index in [1.165, 1.54) is 17.0 Å². The van der Waals surface area contributed by atoms with E-state index in [0.29, 0.717) is 12.0 Å². The first-order valence-corrected chi connectivity index (χ1v) is 9.84. The van der Waals surface area contributed by atoms with E-state index in [1.54, 1.807) is 36.7 Å². The highest BCUT2D eigenvalue weighted by atomic mass is 19.2. The van der Waals surface area contributed by atoms with Crippen LogP contribution in [0.4, 0.5) is 19.3 Å². The number of pyridine rings is 1. The van der Waals surface area contributed by atoms with Crippen LogP contribution in [0.25, 0.3) is 0 Å². The van der Waals surface area contributed by atoms with Crippen LogP contribution in [0.15, 0.2) is 60.9 Å². The minimum absolute atomic E-state index is 0.0868. The molecule has 0 aliphatic carbocycles. The SMILES string of the molecule is O=C(Nc1ccc(F)c(F)c1)c1cccc2c1OCCC2N(Cc1ccncc1)C(=O)O.